The van der Waals surface area contributed by atoms with E-state index in [1.807, 2.05) is 0 Å². The number of hydrogen-bond acceptors (Lipinski definition) is 8. The van der Waals surface area contributed by atoms with Crippen LogP contribution in [0.2, 0.25) is 0 Å². The number of esters is 1. The first-order valence-corrected chi connectivity index (χ1v) is 13.1. The van der Waals surface area contributed by atoms with Crippen molar-refractivity contribution in [2.75, 3.05) is 13.7 Å². The van der Waals surface area contributed by atoms with E-state index in [0.29, 0.717) is 16.7 Å². The van der Waals surface area contributed by atoms with Crippen LogP contribution >= 0.6 is 0 Å². The molecule has 0 aliphatic heterocycles. The number of rotatable bonds is 13. The standard InChI is InChI=1S/C29H39N7O6/c1-28(2,3)42-23(38)12-13-29(36-27(40)41-4,15-19-6-5-7-21(14-19)25(32)33)26(39)35-17-22(37)34-16-18-8-10-20(11-9-18)24(30)31/h5-11,14H,12-13,15-17H2,1-4H3,(H3,30,31)(H3,32,33)(H,34,37)(H,35,39)(H,36,40)/t29-/m0/s1. The number of methoxy groups -OCH3 is 1. The molecule has 0 saturated heterocycles. The largest absolute Gasteiger partial charge is 0.460 e. The summed E-state index contributed by atoms with van der Waals surface area (Å²) in [5, 5.41) is 23.0. The quantitative estimate of drug-likeness (QED) is 0.104. The Hall–Kier alpha value is -4.94. The molecule has 0 fully saturated rings. The van der Waals surface area contributed by atoms with Crippen LogP contribution < -0.4 is 27.4 Å². The Morgan fingerprint density at radius 1 is 0.881 bits per heavy atom. The molecule has 2 aromatic carbocycles. The number of nitrogens with two attached hydrogens (primary N) is 2. The van der Waals surface area contributed by atoms with Gasteiger partial charge < -0.3 is 36.9 Å². The fourth-order valence-electron chi connectivity index (χ4n) is 3.99. The zero-order valence-corrected chi connectivity index (χ0v) is 24.3. The molecule has 2 aromatic rings. The molecule has 3 amide bonds. The Morgan fingerprint density at radius 2 is 1.52 bits per heavy atom. The van der Waals surface area contributed by atoms with Crippen LogP contribution in [0.5, 0.6) is 0 Å². The summed E-state index contributed by atoms with van der Waals surface area (Å²) in [7, 11) is 1.14. The number of nitrogens with one attached hydrogen (secondary N) is 5. The maximum Gasteiger partial charge on any atom is 0.407 e. The number of hydrogen-bond donors (Lipinski definition) is 7. The molecule has 0 bridgehead atoms. The summed E-state index contributed by atoms with van der Waals surface area (Å²) in [4.78, 5) is 51.4. The summed E-state index contributed by atoms with van der Waals surface area (Å²) in [6.45, 7) is 4.87. The van der Waals surface area contributed by atoms with Crippen LogP contribution in [0.15, 0.2) is 48.5 Å². The smallest absolute Gasteiger partial charge is 0.407 e. The van der Waals surface area contributed by atoms with Gasteiger partial charge in [-0.3, -0.25) is 25.2 Å². The molecule has 0 aliphatic carbocycles. The van der Waals surface area contributed by atoms with Gasteiger partial charge in [0.2, 0.25) is 11.8 Å². The van der Waals surface area contributed by atoms with Crippen LogP contribution in [-0.2, 0) is 36.8 Å². The number of amidine groups is 2. The SMILES string of the molecule is COC(=O)N[C@@](CCC(=O)OC(C)(C)C)(Cc1cccc(C(=N)N)c1)C(=O)NCC(=O)NCc1ccc(C(=N)N)cc1. The molecule has 13 heteroatoms. The van der Waals surface area contributed by atoms with Crippen molar-refractivity contribution in [2.24, 2.45) is 11.5 Å². The van der Waals surface area contributed by atoms with E-state index in [-0.39, 0.29) is 37.5 Å². The highest BCUT2D eigenvalue weighted by Crippen LogP contribution is 2.23. The van der Waals surface area contributed by atoms with Crippen LogP contribution in [0.25, 0.3) is 0 Å². The van der Waals surface area contributed by atoms with Crippen LogP contribution in [-0.4, -0.2) is 60.3 Å². The highest BCUT2D eigenvalue weighted by molar-refractivity contribution is 5.96. The van der Waals surface area contributed by atoms with E-state index in [4.69, 9.17) is 31.8 Å². The van der Waals surface area contributed by atoms with Crippen molar-refractivity contribution in [3.05, 3.63) is 70.8 Å². The predicted octanol–water partition coefficient (Wildman–Crippen LogP) is 1.45. The zero-order valence-electron chi connectivity index (χ0n) is 24.3. The second kappa shape index (κ2) is 14.6. The molecule has 0 spiro atoms. The summed E-state index contributed by atoms with van der Waals surface area (Å²) in [6.07, 6.45) is -1.45. The first-order valence-electron chi connectivity index (χ1n) is 13.1. The van der Waals surface area contributed by atoms with Crippen molar-refractivity contribution < 1.29 is 28.7 Å². The Balaban J connectivity index is 2.27. The van der Waals surface area contributed by atoms with E-state index in [0.717, 1.165) is 12.7 Å². The lowest BCUT2D eigenvalue weighted by atomic mass is 9.84. The molecule has 42 heavy (non-hydrogen) atoms. The Labute approximate surface area is 244 Å². The Morgan fingerprint density at radius 3 is 2.10 bits per heavy atom. The second-order valence-electron chi connectivity index (χ2n) is 10.6. The second-order valence-corrected chi connectivity index (χ2v) is 10.6. The molecular weight excluding hydrogens is 542 g/mol. The lowest BCUT2D eigenvalue weighted by molar-refractivity contribution is -0.155. The van der Waals surface area contributed by atoms with Gasteiger partial charge >= 0.3 is 12.1 Å². The van der Waals surface area contributed by atoms with E-state index in [1.54, 1.807) is 69.3 Å². The summed E-state index contributed by atoms with van der Waals surface area (Å²) >= 11 is 0. The van der Waals surface area contributed by atoms with Crippen molar-refractivity contribution in [1.29, 1.82) is 10.8 Å². The van der Waals surface area contributed by atoms with Gasteiger partial charge in [-0.2, -0.15) is 0 Å². The molecule has 0 aromatic heterocycles. The van der Waals surface area contributed by atoms with E-state index in [9.17, 15) is 19.2 Å². The summed E-state index contributed by atoms with van der Waals surface area (Å²) in [6, 6.07) is 13.3. The average Bonchev–Trinajstić information content (AvgIpc) is 2.92. The third-order valence-corrected chi connectivity index (χ3v) is 6.05. The maximum atomic E-state index is 13.7. The van der Waals surface area contributed by atoms with Crippen molar-refractivity contribution in [3.8, 4) is 0 Å². The topological polar surface area (TPSA) is 223 Å². The van der Waals surface area contributed by atoms with Crippen molar-refractivity contribution in [3.63, 3.8) is 0 Å². The van der Waals surface area contributed by atoms with Gasteiger partial charge in [0, 0.05) is 30.5 Å². The summed E-state index contributed by atoms with van der Waals surface area (Å²) in [5.41, 5.74) is 10.8. The zero-order chi connectivity index (χ0) is 31.5. The number of nitrogen functional groups attached to an aromatic ring is 2. The summed E-state index contributed by atoms with van der Waals surface area (Å²) in [5.74, 6) is -2.08. The average molecular weight is 582 g/mol. The molecular formula is C29H39N7O6. The van der Waals surface area contributed by atoms with Crippen LogP contribution in [0.4, 0.5) is 4.79 Å². The molecule has 9 N–H and O–H groups in total. The first kappa shape index (κ1) is 33.3. The van der Waals surface area contributed by atoms with E-state index in [1.165, 1.54) is 0 Å². The maximum absolute atomic E-state index is 13.7. The molecule has 0 heterocycles. The van der Waals surface area contributed by atoms with Gasteiger partial charge in [-0.25, -0.2) is 4.79 Å². The van der Waals surface area contributed by atoms with Gasteiger partial charge in [-0.1, -0.05) is 42.5 Å². The molecule has 0 unspecified atom stereocenters. The molecule has 1 atom stereocenters. The van der Waals surface area contributed by atoms with Gasteiger partial charge in [0.1, 0.15) is 22.8 Å². The fourth-order valence-corrected chi connectivity index (χ4v) is 3.99. The number of alkyl carbamates (subject to hydrolysis) is 1. The van der Waals surface area contributed by atoms with Crippen molar-refractivity contribution in [1.82, 2.24) is 16.0 Å². The van der Waals surface area contributed by atoms with Crippen LogP contribution in [0, 0.1) is 10.8 Å². The molecule has 0 saturated carbocycles. The first-order chi connectivity index (χ1) is 19.6. The number of benzene rings is 2. The minimum absolute atomic E-state index is 0.0722. The Kier molecular flexibility index (Phi) is 11.6. The molecule has 2 rings (SSSR count). The van der Waals surface area contributed by atoms with E-state index in [2.05, 4.69) is 16.0 Å². The van der Waals surface area contributed by atoms with Gasteiger partial charge in [0.25, 0.3) is 0 Å². The number of carbonyl (C=O) groups is 4. The number of amides is 3. The van der Waals surface area contributed by atoms with Crippen molar-refractivity contribution >= 4 is 35.5 Å². The minimum atomic E-state index is -1.73. The molecule has 0 aliphatic rings. The third-order valence-electron chi connectivity index (χ3n) is 6.05. The predicted molar refractivity (Wildman–Crippen MR) is 157 cm³/mol. The van der Waals surface area contributed by atoms with E-state index < -0.39 is 41.6 Å². The fraction of sp³-hybridized carbons (Fsp3) is 0.379. The van der Waals surface area contributed by atoms with Crippen molar-refractivity contribution in [2.45, 2.75) is 57.7 Å². The highest BCUT2D eigenvalue weighted by Gasteiger charge is 2.41. The molecule has 13 nitrogen and oxygen atoms in total. The van der Waals surface area contributed by atoms with Gasteiger partial charge in [0.15, 0.2) is 0 Å². The summed E-state index contributed by atoms with van der Waals surface area (Å²) < 4.78 is 10.2. The lowest BCUT2D eigenvalue weighted by Crippen LogP contribution is -2.61. The molecule has 226 valence electrons. The van der Waals surface area contributed by atoms with E-state index >= 15 is 0 Å². The van der Waals surface area contributed by atoms with Gasteiger partial charge in [-0.15, -0.1) is 0 Å². The highest BCUT2D eigenvalue weighted by atomic mass is 16.6. The Bertz CT molecular complexity index is 1320. The molecule has 0 radical (unpaired) electrons. The normalized spacial score (nSPS) is 12.3. The van der Waals surface area contributed by atoms with Gasteiger partial charge in [0.05, 0.1) is 13.7 Å². The van der Waals surface area contributed by atoms with Crippen LogP contribution in [0.1, 0.15) is 55.9 Å². The lowest BCUT2D eigenvalue weighted by Gasteiger charge is -2.33. The monoisotopic (exact) mass is 581 g/mol. The number of carbonyl (C=O) groups excluding carboxylic acids is 4. The van der Waals surface area contributed by atoms with Crippen LogP contribution in [0.3, 0.4) is 0 Å². The third kappa shape index (κ3) is 10.6. The minimum Gasteiger partial charge on any atom is -0.460 e. The number of ether oxygens (including phenoxy) is 2. The van der Waals surface area contributed by atoms with Gasteiger partial charge in [-0.05, 0) is 44.4 Å².